The van der Waals surface area contributed by atoms with E-state index in [1.165, 1.54) is 6.20 Å². The molecule has 6 heteroatoms. The van der Waals surface area contributed by atoms with Crippen molar-refractivity contribution >= 4 is 24.7 Å². The maximum atomic E-state index is 11.2. The highest BCUT2D eigenvalue weighted by Crippen LogP contribution is 2.31. The Morgan fingerprint density at radius 1 is 1.58 bits per heavy atom. The largest absolute Gasteiger partial charge is 0.476 e. The first-order chi connectivity index (χ1) is 9.08. The molecule has 0 aromatic carbocycles. The molecule has 1 N–H and O–H groups in total. The monoisotopic (exact) mass is 260 g/mol. The van der Waals surface area contributed by atoms with Crippen LogP contribution < -0.4 is 0 Å². The molecule has 1 aromatic heterocycles. The molecule has 1 atom stereocenters. The zero-order valence-corrected chi connectivity index (χ0v) is 11.0. The van der Waals surface area contributed by atoms with Crippen molar-refractivity contribution in [2.24, 2.45) is 15.9 Å². The molecule has 0 bridgehead atoms. The van der Waals surface area contributed by atoms with E-state index in [0.29, 0.717) is 11.7 Å². The third-order valence-electron chi connectivity index (χ3n) is 3.07. The fraction of sp³-hybridized carbons (Fsp3) is 0.385. The van der Waals surface area contributed by atoms with Gasteiger partial charge >= 0.3 is 5.97 Å². The summed E-state index contributed by atoms with van der Waals surface area (Å²) in [5.74, 6) is -0.105. The smallest absolute Gasteiger partial charge is 0.356 e. The molecule has 0 saturated carbocycles. The van der Waals surface area contributed by atoms with Crippen molar-refractivity contribution in [2.75, 3.05) is 0 Å². The predicted molar refractivity (Wildman–Crippen MR) is 73.7 cm³/mol. The number of carboxylic acid groups (broad SMARTS) is 1. The molecule has 1 aliphatic rings. The summed E-state index contributed by atoms with van der Waals surface area (Å²) in [6, 6.07) is 0. The minimum absolute atomic E-state index is 0.112. The summed E-state index contributed by atoms with van der Waals surface area (Å²) in [6.45, 7) is 7.27. The number of aliphatic imine (C=N–C) groups is 2. The Morgan fingerprint density at radius 3 is 2.89 bits per heavy atom. The lowest BCUT2D eigenvalue weighted by molar-refractivity contribution is 0.0688. The first-order valence-corrected chi connectivity index (χ1v) is 6.07. The number of aromatic nitrogens is 2. The molecule has 19 heavy (non-hydrogen) atoms. The second-order valence-electron chi connectivity index (χ2n) is 4.56. The number of aromatic carboxylic acids is 1. The van der Waals surface area contributed by atoms with Crippen LogP contribution >= 0.6 is 0 Å². The molecular formula is C13H16N4O2. The standard InChI is InChI=1S/C13H16N4O2/c1-4-15-11(7-14-3)17-10-6-8(2)5-9(10)12(16-17)13(18)19/h4,7-8H,3,5-6H2,1-2H3,(H,18,19)/b11-7+,15-4-. The lowest BCUT2D eigenvalue weighted by Crippen LogP contribution is -2.07. The van der Waals surface area contributed by atoms with E-state index < -0.39 is 5.97 Å². The zero-order chi connectivity index (χ0) is 14.0. The van der Waals surface area contributed by atoms with Gasteiger partial charge in [0.15, 0.2) is 11.5 Å². The van der Waals surface area contributed by atoms with Gasteiger partial charge in [0.2, 0.25) is 0 Å². The number of rotatable bonds is 4. The minimum atomic E-state index is -1.00. The Hall–Kier alpha value is -2.24. The van der Waals surface area contributed by atoms with Crippen molar-refractivity contribution in [3.8, 4) is 0 Å². The third kappa shape index (κ3) is 2.33. The second kappa shape index (κ2) is 5.17. The van der Waals surface area contributed by atoms with Crippen LogP contribution in [0.3, 0.4) is 0 Å². The number of hydrogen-bond donors (Lipinski definition) is 1. The van der Waals surface area contributed by atoms with Crippen LogP contribution in [0.5, 0.6) is 0 Å². The van der Waals surface area contributed by atoms with Crippen LogP contribution in [0, 0.1) is 5.92 Å². The van der Waals surface area contributed by atoms with Crippen LogP contribution in [0.25, 0.3) is 5.82 Å². The van der Waals surface area contributed by atoms with E-state index in [0.717, 1.165) is 24.1 Å². The quantitative estimate of drug-likeness (QED) is 0.839. The summed E-state index contributed by atoms with van der Waals surface area (Å²) < 4.78 is 1.57. The maximum absolute atomic E-state index is 11.2. The molecule has 1 aliphatic carbocycles. The number of hydrogen-bond acceptors (Lipinski definition) is 4. The van der Waals surface area contributed by atoms with Gasteiger partial charge in [-0.2, -0.15) is 5.10 Å². The number of fused-ring (bicyclic) bond motifs is 1. The van der Waals surface area contributed by atoms with Gasteiger partial charge in [0.05, 0.1) is 11.9 Å². The molecule has 2 rings (SSSR count). The highest BCUT2D eigenvalue weighted by atomic mass is 16.4. The van der Waals surface area contributed by atoms with Crippen LogP contribution in [0.4, 0.5) is 0 Å². The molecule has 0 radical (unpaired) electrons. The van der Waals surface area contributed by atoms with Crippen LogP contribution in [0.1, 0.15) is 35.6 Å². The van der Waals surface area contributed by atoms with Crippen molar-refractivity contribution in [2.45, 2.75) is 26.7 Å². The Labute approximate surface area is 111 Å². The molecule has 6 nitrogen and oxygen atoms in total. The maximum Gasteiger partial charge on any atom is 0.356 e. The van der Waals surface area contributed by atoms with E-state index in [-0.39, 0.29) is 5.69 Å². The highest BCUT2D eigenvalue weighted by molar-refractivity contribution is 5.88. The van der Waals surface area contributed by atoms with Gasteiger partial charge in [0.25, 0.3) is 0 Å². The average molecular weight is 260 g/mol. The van der Waals surface area contributed by atoms with E-state index in [1.807, 2.05) is 0 Å². The fourth-order valence-electron chi connectivity index (χ4n) is 2.38. The first kappa shape index (κ1) is 13.2. The summed E-state index contributed by atoms with van der Waals surface area (Å²) >= 11 is 0. The Balaban J connectivity index is 2.59. The Morgan fingerprint density at radius 2 is 2.32 bits per heavy atom. The van der Waals surface area contributed by atoms with E-state index in [4.69, 9.17) is 0 Å². The van der Waals surface area contributed by atoms with Crippen molar-refractivity contribution in [1.82, 2.24) is 9.78 Å². The second-order valence-corrected chi connectivity index (χ2v) is 4.56. The molecule has 1 aromatic rings. The first-order valence-electron chi connectivity index (χ1n) is 6.07. The molecule has 0 amide bonds. The lowest BCUT2D eigenvalue weighted by Gasteiger charge is -2.05. The van der Waals surface area contributed by atoms with Crippen LogP contribution in [0.2, 0.25) is 0 Å². The normalized spacial score (nSPS) is 18.8. The summed E-state index contributed by atoms with van der Waals surface area (Å²) in [7, 11) is 0. The van der Waals surface area contributed by atoms with Gasteiger partial charge in [0.1, 0.15) is 0 Å². The van der Waals surface area contributed by atoms with Gasteiger partial charge < -0.3 is 5.11 Å². The van der Waals surface area contributed by atoms with Crippen LogP contribution in [0.15, 0.2) is 16.2 Å². The molecule has 1 heterocycles. The van der Waals surface area contributed by atoms with Gasteiger partial charge in [-0.15, -0.1) is 0 Å². The van der Waals surface area contributed by atoms with Crippen molar-refractivity contribution < 1.29 is 9.90 Å². The zero-order valence-electron chi connectivity index (χ0n) is 11.0. The van der Waals surface area contributed by atoms with Crippen molar-refractivity contribution in [3.05, 3.63) is 23.2 Å². The average Bonchev–Trinajstić information content (AvgIpc) is 2.85. The van der Waals surface area contributed by atoms with E-state index in [2.05, 4.69) is 28.7 Å². The summed E-state index contributed by atoms with van der Waals surface area (Å²) in [5, 5.41) is 13.4. The van der Waals surface area contributed by atoms with Gasteiger partial charge in [0, 0.05) is 11.8 Å². The highest BCUT2D eigenvalue weighted by Gasteiger charge is 2.30. The summed E-state index contributed by atoms with van der Waals surface area (Å²) in [4.78, 5) is 19.1. The van der Waals surface area contributed by atoms with E-state index >= 15 is 0 Å². The SMILES string of the molecule is C=N/C=C(\N=C/C)n1nc(C(=O)O)c2c1CC(C)C2. The van der Waals surface area contributed by atoms with Crippen molar-refractivity contribution in [1.29, 1.82) is 0 Å². The Kier molecular flexibility index (Phi) is 3.59. The van der Waals surface area contributed by atoms with Crippen LogP contribution in [-0.2, 0) is 12.8 Å². The third-order valence-corrected chi connectivity index (χ3v) is 3.07. The molecule has 0 fully saturated rings. The molecule has 100 valence electrons. The summed E-state index contributed by atoms with van der Waals surface area (Å²) in [5.41, 5.74) is 1.83. The molecule has 0 spiro atoms. The fourth-order valence-corrected chi connectivity index (χ4v) is 2.38. The molecule has 0 aliphatic heterocycles. The van der Waals surface area contributed by atoms with Gasteiger partial charge in [-0.3, -0.25) is 4.99 Å². The van der Waals surface area contributed by atoms with Crippen molar-refractivity contribution in [3.63, 3.8) is 0 Å². The predicted octanol–water partition coefficient (Wildman–Crippen LogP) is 1.86. The van der Waals surface area contributed by atoms with Gasteiger partial charge in [-0.1, -0.05) is 6.92 Å². The molecule has 0 saturated heterocycles. The molecule has 1 unspecified atom stereocenters. The van der Waals surface area contributed by atoms with Gasteiger partial charge in [-0.05, 0) is 32.4 Å². The Bertz CT molecular complexity index is 584. The number of carbonyl (C=O) groups is 1. The van der Waals surface area contributed by atoms with Crippen LogP contribution in [-0.4, -0.2) is 33.8 Å². The van der Waals surface area contributed by atoms with Gasteiger partial charge in [-0.25, -0.2) is 14.5 Å². The summed E-state index contributed by atoms with van der Waals surface area (Å²) in [6.07, 6.45) is 4.62. The molecular weight excluding hydrogens is 244 g/mol. The topological polar surface area (TPSA) is 79.8 Å². The number of nitrogens with zero attached hydrogens (tertiary/aromatic N) is 4. The number of carboxylic acids is 1. The van der Waals surface area contributed by atoms with E-state index in [9.17, 15) is 9.90 Å². The van der Waals surface area contributed by atoms with E-state index in [1.54, 1.807) is 17.8 Å². The lowest BCUT2D eigenvalue weighted by atomic mass is 10.1. The minimum Gasteiger partial charge on any atom is -0.476 e.